The van der Waals surface area contributed by atoms with E-state index in [4.69, 9.17) is 0 Å². The summed E-state index contributed by atoms with van der Waals surface area (Å²) in [7, 11) is 2.14. The van der Waals surface area contributed by atoms with E-state index in [1.807, 2.05) is 17.8 Å². The van der Waals surface area contributed by atoms with Crippen molar-refractivity contribution >= 4 is 17.3 Å². The zero-order valence-corrected chi connectivity index (χ0v) is 14.5. The molecule has 0 spiro atoms. The second-order valence-electron chi connectivity index (χ2n) is 5.90. The molecule has 23 heavy (non-hydrogen) atoms. The summed E-state index contributed by atoms with van der Waals surface area (Å²) >= 11 is 1.94. The van der Waals surface area contributed by atoms with Crippen LogP contribution in [0.5, 0.6) is 0 Å². The van der Waals surface area contributed by atoms with Gasteiger partial charge in [0.2, 0.25) is 0 Å². The minimum atomic E-state index is 0.937. The Labute approximate surface area is 143 Å². The number of hydrogen-bond donors (Lipinski definition) is 0. The van der Waals surface area contributed by atoms with Gasteiger partial charge in [-0.05, 0) is 41.8 Å². The fourth-order valence-corrected chi connectivity index (χ4v) is 4.06. The van der Waals surface area contributed by atoms with Gasteiger partial charge in [0.25, 0.3) is 0 Å². The van der Waals surface area contributed by atoms with Crippen molar-refractivity contribution in [1.82, 2.24) is 4.90 Å². The highest BCUT2D eigenvalue weighted by Gasteiger charge is 2.17. The Morgan fingerprint density at radius 3 is 2.65 bits per heavy atom. The molecule has 0 saturated heterocycles. The van der Waals surface area contributed by atoms with Crippen LogP contribution < -0.4 is 0 Å². The smallest absolute Gasteiger partial charge is 0.0238 e. The molecule has 1 aliphatic heterocycles. The Morgan fingerprint density at radius 1 is 1.09 bits per heavy atom. The van der Waals surface area contributed by atoms with Crippen LogP contribution in [0.25, 0.3) is 5.57 Å². The highest BCUT2D eigenvalue weighted by Crippen LogP contribution is 2.39. The maximum Gasteiger partial charge on any atom is 0.0238 e. The number of thioether (sulfide) groups is 1. The lowest BCUT2D eigenvalue weighted by molar-refractivity contribution is 0.378. The second kappa shape index (κ2) is 7.67. The van der Waals surface area contributed by atoms with Gasteiger partial charge >= 0.3 is 0 Å². The molecule has 0 amide bonds. The minimum absolute atomic E-state index is 0.937. The van der Waals surface area contributed by atoms with Crippen LogP contribution in [0.1, 0.15) is 23.1 Å². The highest BCUT2D eigenvalue weighted by molar-refractivity contribution is 7.98. The first kappa shape index (κ1) is 16.1. The largest absolute Gasteiger partial charge is 0.302 e. The molecule has 2 aromatic carbocycles. The van der Waals surface area contributed by atoms with Crippen LogP contribution in [-0.2, 0) is 5.75 Å². The van der Waals surface area contributed by atoms with Gasteiger partial charge in [-0.2, -0.15) is 0 Å². The third-order valence-electron chi connectivity index (χ3n) is 4.17. The van der Waals surface area contributed by atoms with Gasteiger partial charge < -0.3 is 4.90 Å². The fourth-order valence-electron chi connectivity index (χ4n) is 2.99. The van der Waals surface area contributed by atoms with Crippen molar-refractivity contribution < 1.29 is 0 Å². The Morgan fingerprint density at radius 2 is 1.83 bits per heavy atom. The second-order valence-corrected chi connectivity index (χ2v) is 6.92. The lowest BCUT2D eigenvalue weighted by atomic mass is 9.93. The Kier molecular flexibility index (Phi) is 5.37. The molecule has 0 unspecified atom stereocenters. The number of fused-ring (bicyclic) bond motifs is 2. The van der Waals surface area contributed by atoms with Gasteiger partial charge in [0.1, 0.15) is 0 Å². The molecule has 0 aliphatic carbocycles. The van der Waals surface area contributed by atoms with Crippen molar-refractivity contribution in [3.63, 3.8) is 0 Å². The van der Waals surface area contributed by atoms with Crippen molar-refractivity contribution in [2.75, 3.05) is 20.1 Å². The molecule has 3 rings (SSSR count). The molecule has 2 heteroatoms. The number of likely N-dealkylation sites (N-methyl/N-ethyl adjacent to an activating group) is 1. The first-order valence-electron chi connectivity index (χ1n) is 8.09. The van der Waals surface area contributed by atoms with Gasteiger partial charge in [-0.25, -0.2) is 0 Å². The molecule has 0 N–H and O–H groups in total. The van der Waals surface area contributed by atoms with Crippen LogP contribution in [0.2, 0.25) is 0 Å². The molecule has 0 radical (unpaired) electrons. The molecule has 1 aliphatic rings. The highest BCUT2D eigenvalue weighted by atomic mass is 32.2. The third kappa shape index (κ3) is 3.77. The van der Waals surface area contributed by atoms with E-state index in [0.29, 0.717) is 0 Å². The van der Waals surface area contributed by atoms with E-state index in [1.54, 1.807) is 0 Å². The molecular weight excluding hydrogens is 298 g/mol. The van der Waals surface area contributed by atoms with E-state index in [9.17, 15) is 0 Å². The maximum atomic E-state index is 3.81. The van der Waals surface area contributed by atoms with Crippen LogP contribution in [0.3, 0.4) is 0 Å². The number of nitrogens with zero attached hydrogens (tertiary/aromatic N) is 1. The molecule has 118 valence electrons. The SMILES string of the molecule is C=CCN(C)CCC=C1c2ccccc2CSc2ccccc21. The third-order valence-corrected chi connectivity index (χ3v) is 5.29. The van der Waals surface area contributed by atoms with Gasteiger partial charge in [-0.1, -0.05) is 54.6 Å². The lowest BCUT2D eigenvalue weighted by Gasteiger charge is -2.14. The minimum Gasteiger partial charge on any atom is -0.302 e. The van der Waals surface area contributed by atoms with Gasteiger partial charge in [-0.3, -0.25) is 0 Å². The van der Waals surface area contributed by atoms with Crippen LogP contribution in [0, 0.1) is 0 Å². The average molecular weight is 321 g/mol. The molecule has 1 heterocycles. The molecule has 0 aromatic heterocycles. The van der Waals surface area contributed by atoms with Crippen LogP contribution in [0.4, 0.5) is 0 Å². The fraction of sp³-hybridized carbons (Fsp3) is 0.238. The summed E-state index contributed by atoms with van der Waals surface area (Å²) < 4.78 is 0. The van der Waals surface area contributed by atoms with Gasteiger partial charge in [0, 0.05) is 23.7 Å². The van der Waals surface area contributed by atoms with Crippen molar-refractivity contribution in [2.45, 2.75) is 17.1 Å². The van der Waals surface area contributed by atoms with Crippen LogP contribution >= 0.6 is 11.8 Å². The quantitative estimate of drug-likeness (QED) is 0.694. The van der Waals surface area contributed by atoms with E-state index in [2.05, 4.69) is 73.1 Å². The number of rotatable bonds is 5. The van der Waals surface area contributed by atoms with Gasteiger partial charge in [-0.15, -0.1) is 18.3 Å². The van der Waals surface area contributed by atoms with E-state index in [1.165, 1.54) is 27.2 Å². The average Bonchev–Trinajstić information content (AvgIpc) is 2.73. The summed E-state index contributed by atoms with van der Waals surface area (Å²) in [5.74, 6) is 1.04. The summed E-state index contributed by atoms with van der Waals surface area (Å²) in [6, 6.07) is 17.6. The Balaban J connectivity index is 1.95. The van der Waals surface area contributed by atoms with Gasteiger partial charge in [0.05, 0.1) is 0 Å². The van der Waals surface area contributed by atoms with Gasteiger partial charge in [0.15, 0.2) is 0 Å². The van der Waals surface area contributed by atoms with Crippen molar-refractivity contribution in [1.29, 1.82) is 0 Å². The number of benzene rings is 2. The maximum absolute atomic E-state index is 3.81. The first-order valence-corrected chi connectivity index (χ1v) is 9.08. The normalized spacial score (nSPS) is 15.1. The number of hydrogen-bond acceptors (Lipinski definition) is 2. The lowest BCUT2D eigenvalue weighted by Crippen LogP contribution is -2.18. The molecule has 0 fully saturated rings. The molecule has 1 nitrogen and oxygen atoms in total. The first-order chi connectivity index (χ1) is 11.3. The predicted molar refractivity (Wildman–Crippen MR) is 102 cm³/mol. The standard InChI is InChI=1S/C21H23NS/c1-3-14-22(2)15-8-12-19-18-10-5-4-9-17(18)16-23-21-13-7-6-11-20(19)21/h3-7,9-13H,1,8,14-16H2,2H3. The monoisotopic (exact) mass is 321 g/mol. The zero-order chi connectivity index (χ0) is 16.1. The Bertz CT molecular complexity index is 668. The van der Waals surface area contributed by atoms with Crippen LogP contribution in [-0.4, -0.2) is 25.0 Å². The summed E-state index contributed by atoms with van der Waals surface area (Å²) in [4.78, 5) is 3.68. The van der Waals surface area contributed by atoms with Crippen LogP contribution in [0.15, 0.2) is 72.2 Å². The topological polar surface area (TPSA) is 3.24 Å². The summed E-state index contributed by atoms with van der Waals surface area (Å²) in [5.41, 5.74) is 5.57. The van der Waals surface area contributed by atoms with Crippen molar-refractivity contribution in [3.05, 3.63) is 84.0 Å². The molecule has 2 aromatic rings. The predicted octanol–water partition coefficient (Wildman–Crippen LogP) is 5.23. The molecule has 0 bridgehead atoms. The van der Waals surface area contributed by atoms with E-state index in [0.717, 1.165) is 25.3 Å². The molecule has 0 atom stereocenters. The summed E-state index contributed by atoms with van der Waals surface area (Å²) in [5, 5.41) is 0. The Hall–Kier alpha value is -1.77. The van der Waals surface area contributed by atoms with E-state index < -0.39 is 0 Å². The van der Waals surface area contributed by atoms with Crippen molar-refractivity contribution in [3.8, 4) is 0 Å². The van der Waals surface area contributed by atoms with Crippen molar-refractivity contribution in [2.24, 2.45) is 0 Å². The zero-order valence-electron chi connectivity index (χ0n) is 13.7. The summed E-state index contributed by atoms with van der Waals surface area (Å²) in [6.07, 6.45) is 5.41. The van der Waals surface area contributed by atoms with E-state index >= 15 is 0 Å². The molecular formula is C21H23NS. The summed E-state index contributed by atoms with van der Waals surface area (Å²) in [6.45, 7) is 5.80. The molecule has 0 saturated carbocycles. The van der Waals surface area contributed by atoms with E-state index in [-0.39, 0.29) is 0 Å².